The van der Waals surface area contributed by atoms with Crippen molar-refractivity contribution in [2.75, 3.05) is 55.6 Å². The van der Waals surface area contributed by atoms with Gasteiger partial charge in [0.1, 0.15) is 22.9 Å². The second-order valence-electron chi connectivity index (χ2n) is 10.2. The summed E-state index contributed by atoms with van der Waals surface area (Å²) in [5, 5.41) is 12.9. The highest BCUT2D eigenvalue weighted by Crippen LogP contribution is 2.29. The number of pyridine rings is 1. The quantitative estimate of drug-likeness (QED) is 0.585. The number of allylic oxidation sites excluding steroid dienone is 1. The molecule has 0 aliphatic carbocycles. The third-order valence-corrected chi connectivity index (χ3v) is 7.55. The summed E-state index contributed by atoms with van der Waals surface area (Å²) >= 11 is 0. The van der Waals surface area contributed by atoms with Crippen LogP contribution in [-0.2, 0) is 17.7 Å². The maximum atomic E-state index is 9.49. The minimum absolute atomic E-state index is 0.0960. The first kappa shape index (κ1) is 23.6. The first-order chi connectivity index (χ1) is 18.1. The second kappa shape index (κ2) is 9.96. The van der Waals surface area contributed by atoms with Gasteiger partial charge in [-0.2, -0.15) is 5.26 Å². The van der Waals surface area contributed by atoms with Crippen LogP contribution >= 0.6 is 0 Å². The van der Waals surface area contributed by atoms with Crippen molar-refractivity contribution in [3.63, 3.8) is 0 Å². The van der Waals surface area contributed by atoms with Gasteiger partial charge >= 0.3 is 0 Å². The van der Waals surface area contributed by atoms with Gasteiger partial charge in [0.25, 0.3) is 0 Å². The van der Waals surface area contributed by atoms with E-state index in [0.29, 0.717) is 11.1 Å². The minimum atomic E-state index is 0.0960. The van der Waals surface area contributed by atoms with Gasteiger partial charge in [-0.15, -0.1) is 0 Å². The zero-order valence-electron chi connectivity index (χ0n) is 21.2. The molecule has 0 bridgehead atoms. The maximum absolute atomic E-state index is 9.49. The van der Waals surface area contributed by atoms with Crippen molar-refractivity contribution in [2.24, 2.45) is 0 Å². The summed E-state index contributed by atoms with van der Waals surface area (Å²) in [6, 6.07) is 8.32. The van der Waals surface area contributed by atoms with Crippen LogP contribution in [0.3, 0.4) is 0 Å². The number of hydrogen-bond donors (Lipinski definition) is 1. The van der Waals surface area contributed by atoms with Crippen molar-refractivity contribution in [3.8, 4) is 6.07 Å². The highest BCUT2D eigenvalue weighted by molar-refractivity contribution is 5.92. The van der Waals surface area contributed by atoms with E-state index in [4.69, 9.17) is 9.72 Å². The molecule has 0 radical (unpaired) electrons. The normalized spacial score (nSPS) is 22.4. The molecular weight excluding hydrogens is 464 g/mol. The zero-order chi connectivity index (χ0) is 25.4. The van der Waals surface area contributed by atoms with Gasteiger partial charge in [0.05, 0.1) is 23.5 Å². The van der Waals surface area contributed by atoms with Gasteiger partial charge in [-0.05, 0) is 36.2 Å². The summed E-state index contributed by atoms with van der Waals surface area (Å²) in [5.74, 6) is 1.07. The number of aromatic nitrogens is 3. The topological polar surface area (TPSA) is 93.4 Å². The number of nitrogens with one attached hydrogen (secondary N) is 1. The molecule has 0 unspecified atom stereocenters. The molecule has 3 aliphatic rings. The van der Waals surface area contributed by atoms with E-state index in [0.717, 1.165) is 81.5 Å². The lowest BCUT2D eigenvalue weighted by Gasteiger charge is -2.42. The molecule has 0 amide bonds. The van der Waals surface area contributed by atoms with Crippen LogP contribution in [0, 0.1) is 11.3 Å². The fourth-order valence-electron chi connectivity index (χ4n) is 5.70. The van der Waals surface area contributed by atoms with Gasteiger partial charge in [0.15, 0.2) is 0 Å². The summed E-state index contributed by atoms with van der Waals surface area (Å²) in [6.45, 7) is 13.3. The fraction of sp³-hybridized carbons (Fsp3) is 0.429. The summed E-state index contributed by atoms with van der Waals surface area (Å²) in [4.78, 5) is 21.0. The number of ether oxygens (including phenoxy) is 1. The Bertz CT molecular complexity index is 1360. The Morgan fingerprint density at radius 3 is 2.68 bits per heavy atom. The molecule has 6 rings (SSSR count). The largest absolute Gasteiger partial charge is 0.384 e. The molecular formula is C28H32N8O. The number of nitrogens with zero attached hydrogens (tertiary/aromatic N) is 7. The molecule has 3 aromatic rings. The second-order valence-corrected chi connectivity index (χ2v) is 10.2. The van der Waals surface area contributed by atoms with Crippen LogP contribution in [0.15, 0.2) is 49.1 Å². The zero-order valence-corrected chi connectivity index (χ0v) is 21.2. The Labute approximate surface area is 217 Å². The monoisotopic (exact) mass is 496 g/mol. The van der Waals surface area contributed by atoms with Crippen molar-refractivity contribution >= 4 is 22.5 Å². The highest BCUT2D eigenvalue weighted by Gasteiger charge is 2.30. The van der Waals surface area contributed by atoms with Crippen LogP contribution in [0.25, 0.3) is 11.0 Å². The van der Waals surface area contributed by atoms with E-state index >= 15 is 0 Å². The standard InChI is InChI=1S/C28H32N8O/c1-19-11-22-15-33-26(12-23(22)14-32-19)35-9-7-34(8-10-35)17-24-18-36(16-20(2)37-24)25-4-3-21(13-29)27-28(25)31-6-5-30-27/h3-6,12,15,20,24,32H,1,7-11,14,16-18H2,2H3/t20-,24+/m1/s1. The summed E-state index contributed by atoms with van der Waals surface area (Å²) in [7, 11) is 0. The van der Waals surface area contributed by atoms with E-state index in [2.05, 4.69) is 55.6 Å². The molecule has 2 fully saturated rings. The average Bonchev–Trinajstić information content (AvgIpc) is 2.92. The van der Waals surface area contributed by atoms with Crippen molar-refractivity contribution < 1.29 is 4.74 Å². The Kier molecular flexibility index (Phi) is 6.37. The number of hydrogen-bond acceptors (Lipinski definition) is 9. The van der Waals surface area contributed by atoms with Gasteiger partial charge in [-0.25, -0.2) is 4.98 Å². The van der Waals surface area contributed by atoms with Crippen LogP contribution in [0.4, 0.5) is 11.5 Å². The smallest absolute Gasteiger partial charge is 0.128 e. The lowest BCUT2D eigenvalue weighted by Crippen LogP contribution is -2.54. The summed E-state index contributed by atoms with van der Waals surface area (Å²) in [6.07, 6.45) is 6.42. The molecule has 5 heterocycles. The van der Waals surface area contributed by atoms with Gasteiger partial charge in [0.2, 0.25) is 0 Å². The van der Waals surface area contributed by atoms with Crippen LogP contribution in [-0.4, -0.2) is 77.9 Å². The molecule has 9 nitrogen and oxygen atoms in total. The number of nitriles is 1. The number of fused-ring (bicyclic) bond motifs is 2. The van der Waals surface area contributed by atoms with E-state index in [1.165, 1.54) is 11.1 Å². The summed E-state index contributed by atoms with van der Waals surface area (Å²) in [5.41, 5.74) is 6.67. The van der Waals surface area contributed by atoms with Crippen molar-refractivity contribution in [1.82, 2.24) is 25.2 Å². The Morgan fingerprint density at radius 1 is 1.05 bits per heavy atom. The minimum Gasteiger partial charge on any atom is -0.384 e. The Hall–Kier alpha value is -3.74. The molecule has 0 saturated carbocycles. The highest BCUT2D eigenvalue weighted by atomic mass is 16.5. The van der Waals surface area contributed by atoms with Crippen molar-refractivity contribution in [3.05, 3.63) is 65.8 Å². The van der Waals surface area contributed by atoms with Gasteiger partial charge in [0, 0.05) is 83.1 Å². The SMILES string of the molecule is C=C1Cc2cnc(N3CCN(C[C@H]4CN(c5ccc(C#N)c6nccnc56)C[C@@H](C)O4)CC3)cc2CN1. The molecule has 9 heteroatoms. The van der Waals surface area contributed by atoms with Crippen LogP contribution in [0.2, 0.25) is 0 Å². The van der Waals surface area contributed by atoms with Crippen LogP contribution in [0.1, 0.15) is 23.6 Å². The van der Waals surface area contributed by atoms with E-state index in [1.54, 1.807) is 12.4 Å². The van der Waals surface area contributed by atoms with Crippen molar-refractivity contribution in [2.45, 2.75) is 32.1 Å². The number of anilines is 2. The molecule has 2 aromatic heterocycles. The van der Waals surface area contributed by atoms with E-state index in [9.17, 15) is 5.26 Å². The average molecular weight is 497 g/mol. The lowest BCUT2D eigenvalue weighted by atomic mass is 10.0. The first-order valence-electron chi connectivity index (χ1n) is 13.0. The fourth-order valence-corrected chi connectivity index (χ4v) is 5.70. The molecule has 37 heavy (non-hydrogen) atoms. The molecule has 1 N–H and O–H groups in total. The molecule has 2 saturated heterocycles. The molecule has 190 valence electrons. The van der Waals surface area contributed by atoms with E-state index in [1.807, 2.05) is 18.3 Å². The molecule has 0 spiro atoms. The van der Waals surface area contributed by atoms with E-state index in [-0.39, 0.29) is 12.2 Å². The number of rotatable bonds is 4. The van der Waals surface area contributed by atoms with Gasteiger partial charge < -0.3 is 19.9 Å². The Balaban J connectivity index is 1.10. The van der Waals surface area contributed by atoms with Crippen LogP contribution < -0.4 is 15.1 Å². The Morgan fingerprint density at radius 2 is 1.86 bits per heavy atom. The maximum Gasteiger partial charge on any atom is 0.128 e. The molecule has 3 aliphatic heterocycles. The van der Waals surface area contributed by atoms with Crippen molar-refractivity contribution in [1.29, 1.82) is 5.26 Å². The lowest BCUT2D eigenvalue weighted by molar-refractivity contribution is -0.0327. The van der Waals surface area contributed by atoms with Gasteiger partial charge in [-0.1, -0.05) is 6.58 Å². The van der Waals surface area contributed by atoms with Gasteiger partial charge in [-0.3, -0.25) is 14.9 Å². The van der Waals surface area contributed by atoms with Crippen LogP contribution in [0.5, 0.6) is 0 Å². The first-order valence-corrected chi connectivity index (χ1v) is 13.0. The summed E-state index contributed by atoms with van der Waals surface area (Å²) < 4.78 is 6.37. The number of benzene rings is 1. The molecule has 2 atom stereocenters. The molecule has 1 aromatic carbocycles. The van der Waals surface area contributed by atoms with E-state index < -0.39 is 0 Å². The predicted molar refractivity (Wildman–Crippen MR) is 143 cm³/mol. The predicted octanol–water partition coefficient (Wildman–Crippen LogP) is 2.47. The third kappa shape index (κ3) is 4.82. The number of piperazine rings is 1. The third-order valence-electron chi connectivity index (χ3n) is 7.55. The number of morpholine rings is 1.